The molecular weight excluding hydrogens is 282 g/mol. The molecule has 1 aromatic carbocycles. The highest BCUT2D eigenvalue weighted by atomic mass is 16.5. The quantitative estimate of drug-likeness (QED) is 0.458. The Morgan fingerprint density at radius 3 is 2.82 bits per heavy atom. The fraction of sp³-hybridized carbons (Fsp3) is 0.500. The largest absolute Gasteiger partial charge is 0.493 e. The van der Waals surface area contributed by atoms with Crippen LogP contribution in [0.4, 0.5) is 10.5 Å². The molecule has 3 N–H and O–H groups in total. The van der Waals surface area contributed by atoms with Gasteiger partial charge < -0.3 is 15.8 Å². The highest BCUT2D eigenvalue weighted by molar-refractivity contribution is 6.04. The van der Waals surface area contributed by atoms with Crippen molar-refractivity contribution in [2.24, 2.45) is 5.92 Å². The number of urea groups is 1. The van der Waals surface area contributed by atoms with Crippen LogP contribution in [-0.4, -0.2) is 36.0 Å². The summed E-state index contributed by atoms with van der Waals surface area (Å²) in [5.74, 6) is 0.915. The van der Waals surface area contributed by atoms with Crippen molar-refractivity contribution in [2.45, 2.75) is 32.7 Å². The van der Waals surface area contributed by atoms with Gasteiger partial charge in [0.1, 0.15) is 11.8 Å². The van der Waals surface area contributed by atoms with Gasteiger partial charge >= 0.3 is 6.03 Å². The summed E-state index contributed by atoms with van der Waals surface area (Å²) in [6.07, 6.45) is 1.25. The Labute approximate surface area is 130 Å². The van der Waals surface area contributed by atoms with Crippen molar-refractivity contribution in [2.75, 3.05) is 18.9 Å². The van der Waals surface area contributed by atoms with Gasteiger partial charge in [-0.25, -0.2) is 4.79 Å². The number of carbonyl (C=O) groups is 2. The van der Waals surface area contributed by atoms with E-state index < -0.39 is 0 Å². The topological polar surface area (TPSA) is 84.7 Å². The second kappa shape index (κ2) is 7.15. The summed E-state index contributed by atoms with van der Waals surface area (Å²) in [6.45, 7) is 4.85. The normalized spacial score (nSPS) is 18.0. The van der Waals surface area contributed by atoms with Crippen molar-refractivity contribution in [3.8, 4) is 5.75 Å². The second-order valence-corrected chi connectivity index (χ2v) is 5.90. The lowest BCUT2D eigenvalue weighted by molar-refractivity contribution is -0.127. The van der Waals surface area contributed by atoms with E-state index in [0.717, 1.165) is 0 Å². The average Bonchev–Trinajstić information content (AvgIpc) is 2.70. The standard InChI is InChI=1S/C16H23N3O3/c1-11(2)9-14-15(20)19(16(21)18-14)7-4-8-22-13-6-3-5-12(17)10-13/h3,5-6,10-11,14H,4,7-9,17H2,1-2H3,(H,18,21). The average molecular weight is 305 g/mol. The first kappa shape index (κ1) is 16.1. The Morgan fingerprint density at radius 2 is 2.14 bits per heavy atom. The van der Waals surface area contributed by atoms with Gasteiger partial charge in [0.25, 0.3) is 5.91 Å². The van der Waals surface area contributed by atoms with Crippen LogP contribution in [0, 0.1) is 5.92 Å². The van der Waals surface area contributed by atoms with Gasteiger partial charge in [0, 0.05) is 18.3 Å². The van der Waals surface area contributed by atoms with E-state index in [4.69, 9.17) is 10.5 Å². The fourth-order valence-electron chi connectivity index (χ4n) is 2.44. The van der Waals surface area contributed by atoms with Gasteiger partial charge in [0.05, 0.1) is 6.61 Å². The van der Waals surface area contributed by atoms with E-state index in [9.17, 15) is 9.59 Å². The Morgan fingerprint density at radius 1 is 1.36 bits per heavy atom. The zero-order chi connectivity index (χ0) is 16.1. The Kier molecular flexibility index (Phi) is 5.25. The molecule has 1 heterocycles. The molecule has 0 aliphatic carbocycles. The van der Waals surface area contributed by atoms with E-state index in [0.29, 0.717) is 43.3 Å². The van der Waals surface area contributed by atoms with Crippen LogP contribution in [0.15, 0.2) is 24.3 Å². The van der Waals surface area contributed by atoms with Crippen LogP contribution < -0.4 is 15.8 Å². The van der Waals surface area contributed by atoms with E-state index in [1.807, 2.05) is 26.0 Å². The maximum Gasteiger partial charge on any atom is 0.324 e. The van der Waals surface area contributed by atoms with Gasteiger partial charge in [-0.15, -0.1) is 0 Å². The molecule has 1 fully saturated rings. The molecule has 1 aliphatic heterocycles. The Bertz CT molecular complexity index is 545. The molecule has 1 atom stereocenters. The number of imide groups is 1. The highest BCUT2D eigenvalue weighted by Gasteiger charge is 2.37. The summed E-state index contributed by atoms with van der Waals surface area (Å²) in [5, 5.41) is 2.73. The van der Waals surface area contributed by atoms with Crippen LogP contribution in [-0.2, 0) is 4.79 Å². The van der Waals surface area contributed by atoms with E-state index in [1.165, 1.54) is 4.90 Å². The number of ether oxygens (including phenoxy) is 1. The van der Waals surface area contributed by atoms with E-state index in [2.05, 4.69) is 5.32 Å². The Hall–Kier alpha value is -2.24. The minimum absolute atomic E-state index is 0.136. The molecule has 0 radical (unpaired) electrons. The number of anilines is 1. The Balaban J connectivity index is 1.77. The van der Waals surface area contributed by atoms with E-state index in [-0.39, 0.29) is 18.0 Å². The molecule has 0 bridgehead atoms. The number of benzene rings is 1. The molecule has 0 spiro atoms. The lowest BCUT2D eigenvalue weighted by atomic mass is 10.0. The minimum Gasteiger partial charge on any atom is -0.493 e. The number of amides is 3. The smallest absolute Gasteiger partial charge is 0.324 e. The van der Waals surface area contributed by atoms with Gasteiger partial charge in [0.2, 0.25) is 0 Å². The van der Waals surface area contributed by atoms with E-state index in [1.54, 1.807) is 12.1 Å². The maximum atomic E-state index is 12.1. The van der Waals surface area contributed by atoms with Crippen molar-refractivity contribution in [1.29, 1.82) is 0 Å². The third-order valence-electron chi connectivity index (χ3n) is 3.47. The van der Waals surface area contributed by atoms with Crippen LogP contribution in [0.1, 0.15) is 26.7 Å². The zero-order valence-electron chi connectivity index (χ0n) is 13.0. The van der Waals surface area contributed by atoms with Gasteiger partial charge in [-0.3, -0.25) is 9.69 Å². The molecule has 6 nitrogen and oxygen atoms in total. The molecule has 3 amide bonds. The number of hydrogen-bond donors (Lipinski definition) is 2. The molecule has 2 rings (SSSR count). The molecule has 1 saturated heterocycles. The monoisotopic (exact) mass is 305 g/mol. The summed E-state index contributed by atoms with van der Waals surface area (Å²) in [6, 6.07) is 6.48. The lowest BCUT2D eigenvalue weighted by Crippen LogP contribution is -2.33. The molecule has 1 unspecified atom stereocenters. The first-order valence-electron chi connectivity index (χ1n) is 7.57. The number of carbonyl (C=O) groups excluding carboxylic acids is 2. The number of hydrogen-bond acceptors (Lipinski definition) is 4. The molecule has 22 heavy (non-hydrogen) atoms. The third-order valence-corrected chi connectivity index (χ3v) is 3.47. The first-order chi connectivity index (χ1) is 10.5. The zero-order valence-corrected chi connectivity index (χ0v) is 13.0. The molecule has 120 valence electrons. The predicted octanol–water partition coefficient (Wildman–Crippen LogP) is 2.00. The molecule has 1 aromatic rings. The van der Waals surface area contributed by atoms with Gasteiger partial charge in [-0.2, -0.15) is 0 Å². The van der Waals surface area contributed by atoms with E-state index >= 15 is 0 Å². The van der Waals surface area contributed by atoms with Gasteiger partial charge in [-0.1, -0.05) is 19.9 Å². The highest BCUT2D eigenvalue weighted by Crippen LogP contribution is 2.16. The fourth-order valence-corrected chi connectivity index (χ4v) is 2.44. The SMILES string of the molecule is CC(C)CC1NC(=O)N(CCCOc2cccc(N)c2)C1=O. The van der Waals surface area contributed by atoms with Crippen molar-refractivity contribution in [1.82, 2.24) is 10.2 Å². The summed E-state index contributed by atoms with van der Waals surface area (Å²) in [4.78, 5) is 25.2. The van der Waals surface area contributed by atoms with Crippen LogP contribution in [0.3, 0.4) is 0 Å². The summed E-state index contributed by atoms with van der Waals surface area (Å²) in [5.41, 5.74) is 6.31. The van der Waals surface area contributed by atoms with Crippen LogP contribution in [0.5, 0.6) is 5.75 Å². The molecular formula is C16H23N3O3. The minimum atomic E-state index is -0.387. The van der Waals surface area contributed by atoms with Crippen molar-refractivity contribution < 1.29 is 14.3 Å². The lowest BCUT2D eigenvalue weighted by Gasteiger charge is -2.14. The van der Waals surface area contributed by atoms with Crippen molar-refractivity contribution in [3.05, 3.63) is 24.3 Å². The van der Waals surface area contributed by atoms with Crippen molar-refractivity contribution in [3.63, 3.8) is 0 Å². The number of nitrogens with zero attached hydrogens (tertiary/aromatic N) is 1. The van der Waals surface area contributed by atoms with Crippen molar-refractivity contribution >= 4 is 17.6 Å². The molecule has 6 heteroatoms. The third kappa shape index (κ3) is 4.13. The number of nitrogen functional groups attached to an aromatic ring is 1. The molecule has 1 aliphatic rings. The summed E-state index contributed by atoms with van der Waals surface area (Å²) >= 11 is 0. The van der Waals surface area contributed by atoms with Crippen LogP contribution >= 0.6 is 0 Å². The first-order valence-corrected chi connectivity index (χ1v) is 7.57. The number of nitrogens with two attached hydrogens (primary N) is 1. The maximum absolute atomic E-state index is 12.1. The summed E-state index contributed by atoms with van der Waals surface area (Å²) in [7, 11) is 0. The summed E-state index contributed by atoms with van der Waals surface area (Å²) < 4.78 is 5.56. The van der Waals surface area contributed by atoms with Gasteiger partial charge in [-0.05, 0) is 30.9 Å². The van der Waals surface area contributed by atoms with Crippen LogP contribution in [0.2, 0.25) is 0 Å². The van der Waals surface area contributed by atoms with Crippen LogP contribution in [0.25, 0.3) is 0 Å². The molecule has 0 saturated carbocycles. The number of rotatable bonds is 7. The number of nitrogens with one attached hydrogen (secondary N) is 1. The second-order valence-electron chi connectivity index (χ2n) is 5.90. The molecule has 0 aromatic heterocycles. The van der Waals surface area contributed by atoms with Gasteiger partial charge in [0.15, 0.2) is 0 Å². The predicted molar refractivity (Wildman–Crippen MR) is 84.5 cm³/mol.